The van der Waals surface area contributed by atoms with Gasteiger partial charge in [-0.1, -0.05) is 188 Å². The van der Waals surface area contributed by atoms with E-state index in [2.05, 4.69) is 152 Å². The molecule has 0 saturated heterocycles. The van der Waals surface area contributed by atoms with Crippen LogP contribution in [0, 0.1) is 0 Å². The average molecular weight is 728 g/mol. The molecule has 11 rings (SSSR count). The molecule has 2 heterocycles. The average Bonchev–Trinajstić information content (AvgIpc) is 3.68. The number of furan rings is 1. The number of nitrogens with zero attached hydrogens (tertiary/aromatic N) is 3. The highest BCUT2D eigenvalue weighted by Gasteiger charge is 2.21. The van der Waals surface area contributed by atoms with Crippen LogP contribution in [0.15, 0.2) is 205 Å². The number of hydrogen-bond donors (Lipinski definition) is 0. The molecule has 0 unspecified atom stereocenters. The molecule has 11 aromatic rings. The van der Waals surface area contributed by atoms with Gasteiger partial charge in [-0.2, -0.15) is 0 Å². The van der Waals surface area contributed by atoms with Gasteiger partial charge in [0.05, 0.1) is 0 Å². The van der Waals surface area contributed by atoms with Gasteiger partial charge in [0, 0.05) is 33.0 Å². The third-order valence-electron chi connectivity index (χ3n) is 11.0. The highest BCUT2D eigenvalue weighted by atomic mass is 16.3. The van der Waals surface area contributed by atoms with Crippen LogP contribution >= 0.6 is 0 Å². The van der Waals surface area contributed by atoms with E-state index >= 15 is 0 Å². The van der Waals surface area contributed by atoms with Crippen molar-refractivity contribution in [2.45, 2.75) is 0 Å². The molecule has 0 aliphatic heterocycles. The van der Waals surface area contributed by atoms with Crippen LogP contribution in [0.2, 0.25) is 0 Å². The van der Waals surface area contributed by atoms with Gasteiger partial charge >= 0.3 is 0 Å². The minimum Gasteiger partial charge on any atom is -0.455 e. The molecular formula is C53H33N3O. The van der Waals surface area contributed by atoms with Crippen molar-refractivity contribution in [2.75, 3.05) is 0 Å². The van der Waals surface area contributed by atoms with E-state index in [1.165, 1.54) is 32.7 Å². The zero-order valence-electron chi connectivity index (χ0n) is 30.8. The van der Waals surface area contributed by atoms with Crippen molar-refractivity contribution in [2.24, 2.45) is 0 Å². The van der Waals surface area contributed by atoms with Gasteiger partial charge in [0.1, 0.15) is 11.2 Å². The van der Waals surface area contributed by atoms with Crippen LogP contribution in [0.1, 0.15) is 0 Å². The Morgan fingerprint density at radius 2 is 0.825 bits per heavy atom. The van der Waals surface area contributed by atoms with E-state index in [1.54, 1.807) is 0 Å². The molecule has 4 nitrogen and oxygen atoms in total. The Labute approximate surface area is 329 Å². The summed E-state index contributed by atoms with van der Waals surface area (Å²) in [7, 11) is 0. The lowest BCUT2D eigenvalue weighted by molar-refractivity contribution is 0.670. The smallest absolute Gasteiger partial charge is 0.164 e. The van der Waals surface area contributed by atoms with E-state index < -0.39 is 0 Å². The number of fused-ring (bicyclic) bond motifs is 5. The summed E-state index contributed by atoms with van der Waals surface area (Å²) in [5.74, 6) is 1.82. The van der Waals surface area contributed by atoms with Crippen molar-refractivity contribution in [1.82, 2.24) is 15.0 Å². The number of aromatic nitrogens is 3. The lowest BCUT2D eigenvalue weighted by Gasteiger charge is -2.13. The molecule has 57 heavy (non-hydrogen) atoms. The van der Waals surface area contributed by atoms with Crippen molar-refractivity contribution in [3.8, 4) is 67.5 Å². The largest absolute Gasteiger partial charge is 0.455 e. The molecular weight excluding hydrogens is 695 g/mol. The molecule has 0 spiro atoms. The first-order valence-electron chi connectivity index (χ1n) is 19.2. The topological polar surface area (TPSA) is 51.8 Å². The maximum Gasteiger partial charge on any atom is 0.164 e. The maximum atomic E-state index is 6.83. The zero-order chi connectivity index (χ0) is 37.7. The van der Waals surface area contributed by atoms with Gasteiger partial charge in [0.15, 0.2) is 17.5 Å². The standard InChI is InChI=1S/C53H33N3O/c1-3-13-34(14-4-1)36-25-28-38(29-26-36)52-54-51(37-16-5-2-6-17-37)55-53(56-52)47-23-12-24-48-49(47)46-22-11-21-45(50(46)57-48)44-32-31-41(42-19-9-10-20-43(42)44)40-30-27-35-15-7-8-18-39(35)33-40/h1-33H. The zero-order valence-corrected chi connectivity index (χ0v) is 30.8. The second kappa shape index (κ2) is 13.6. The van der Waals surface area contributed by atoms with Crippen LogP contribution < -0.4 is 0 Å². The summed E-state index contributed by atoms with van der Waals surface area (Å²) in [6.45, 7) is 0. The van der Waals surface area contributed by atoms with Crippen molar-refractivity contribution in [3.63, 3.8) is 0 Å². The molecule has 0 aliphatic rings. The predicted molar refractivity (Wildman–Crippen MR) is 235 cm³/mol. The van der Waals surface area contributed by atoms with Gasteiger partial charge in [0.2, 0.25) is 0 Å². The van der Waals surface area contributed by atoms with E-state index in [0.717, 1.165) is 60.9 Å². The summed E-state index contributed by atoms with van der Waals surface area (Å²) in [5.41, 5.74) is 11.2. The first-order valence-corrected chi connectivity index (χ1v) is 19.2. The quantitative estimate of drug-likeness (QED) is 0.171. The van der Waals surface area contributed by atoms with E-state index in [9.17, 15) is 0 Å². The normalized spacial score (nSPS) is 11.5. The second-order valence-corrected chi connectivity index (χ2v) is 14.3. The van der Waals surface area contributed by atoms with E-state index in [0.29, 0.717) is 17.5 Å². The van der Waals surface area contributed by atoms with Crippen LogP contribution in [0.5, 0.6) is 0 Å². The highest BCUT2D eigenvalue weighted by Crippen LogP contribution is 2.43. The maximum absolute atomic E-state index is 6.83. The number of rotatable bonds is 6. The van der Waals surface area contributed by atoms with Crippen LogP contribution in [0.3, 0.4) is 0 Å². The molecule has 2 aromatic heterocycles. The molecule has 0 amide bonds. The first kappa shape index (κ1) is 32.7. The Hall–Kier alpha value is -7.69. The van der Waals surface area contributed by atoms with E-state index in [1.807, 2.05) is 48.5 Å². The fourth-order valence-corrected chi connectivity index (χ4v) is 8.17. The fraction of sp³-hybridized carbons (Fsp3) is 0. The Bertz CT molecular complexity index is 3280. The molecule has 0 bridgehead atoms. The first-order chi connectivity index (χ1) is 28.2. The molecule has 266 valence electrons. The molecule has 0 radical (unpaired) electrons. The summed E-state index contributed by atoms with van der Waals surface area (Å²) >= 11 is 0. The summed E-state index contributed by atoms with van der Waals surface area (Å²) in [5, 5.41) is 6.82. The van der Waals surface area contributed by atoms with Gasteiger partial charge in [-0.15, -0.1) is 0 Å². The molecule has 0 saturated carbocycles. The fourth-order valence-electron chi connectivity index (χ4n) is 8.17. The molecule has 4 heteroatoms. The number of para-hydroxylation sites is 1. The highest BCUT2D eigenvalue weighted by molar-refractivity contribution is 6.17. The number of hydrogen-bond acceptors (Lipinski definition) is 4. The van der Waals surface area contributed by atoms with Gasteiger partial charge < -0.3 is 4.42 Å². The molecule has 0 aliphatic carbocycles. The summed E-state index contributed by atoms with van der Waals surface area (Å²) in [6, 6.07) is 69.9. The monoisotopic (exact) mass is 727 g/mol. The summed E-state index contributed by atoms with van der Waals surface area (Å²) in [4.78, 5) is 15.3. The predicted octanol–water partition coefficient (Wildman–Crippen LogP) is 14.1. The van der Waals surface area contributed by atoms with Crippen molar-refractivity contribution in [1.29, 1.82) is 0 Å². The van der Waals surface area contributed by atoms with Crippen molar-refractivity contribution < 1.29 is 4.42 Å². The Balaban J connectivity index is 1.07. The van der Waals surface area contributed by atoms with Gasteiger partial charge in [-0.05, 0) is 61.5 Å². The SMILES string of the molecule is c1ccc(-c2ccc(-c3nc(-c4ccccc4)nc(-c4cccc5oc6c(-c7ccc(-c8ccc9ccccc9c8)c8ccccc78)cccc6c45)n3)cc2)cc1. The number of benzene rings is 9. The molecule has 9 aromatic carbocycles. The Kier molecular flexibility index (Phi) is 7.78. The van der Waals surface area contributed by atoms with Crippen LogP contribution in [0.25, 0.3) is 111 Å². The summed E-state index contributed by atoms with van der Waals surface area (Å²) < 4.78 is 6.83. The van der Waals surface area contributed by atoms with Gasteiger partial charge in [-0.3, -0.25) is 0 Å². The van der Waals surface area contributed by atoms with Crippen LogP contribution in [0.4, 0.5) is 0 Å². The Morgan fingerprint density at radius 1 is 0.298 bits per heavy atom. The van der Waals surface area contributed by atoms with E-state index in [-0.39, 0.29) is 0 Å². The molecule has 0 atom stereocenters. The minimum atomic E-state index is 0.592. The van der Waals surface area contributed by atoms with Crippen LogP contribution in [-0.4, -0.2) is 15.0 Å². The third-order valence-corrected chi connectivity index (χ3v) is 11.0. The summed E-state index contributed by atoms with van der Waals surface area (Å²) in [6.07, 6.45) is 0. The van der Waals surface area contributed by atoms with E-state index in [4.69, 9.17) is 19.4 Å². The van der Waals surface area contributed by atoms with Gasteiger partial charge in [0.25, 0.3) is 0 Å². The minimum absolute atomic E-state index is 0.592. The molecule has 0 N–H and O–H groups in total. The molecule has 0 fully saturated rings. The Morgan fingerprint density at radius 3 is 1.60 bits per heavy atom. The van der Waals surface area contributed by atoms with Gasteiger partial charge in [-0.25, -0.2) is 15.0 Å². The third kappa shape index (κ3) is 5.74. The van der Waals surface area contributed by atoms with Crippen molar-refractivity contribution >= 4 is 43.5 Å². The van der Waals surface area contributed by atoms with Crippen LogP contribution in [-0.2, 0) is 0 Å². The lowest BCUT2D eigenvalue weighted by atomic mass is 9.90. The second-order valence-electron chi connectivity index (χ2n) is 14.3. The lowest BCUT2D eigenvalue weighted by Crippen LogP contribution is -2.00. The van der Waals surface area contributed by atoms with Crippen molar-refractivity contribution in [3.05, 3.63) is 200 Å².